The summed E-state index contributed by atoms with van der Waals surface area (Å²) in [6.45, 7) is 10.7. The lowest BCUT2D eigenvalue weighted by Crippen LogP contribution is -2.51. The van der Waals surface area contributed by atoms with Crippen LogP contribution in [-0.4, -0.2) is 18.2 Å². The molecule has 0 bridgehead atoms. The predicted octanol–water partition coefficient (Wildman–Crippen LogP) is 6.07. The standard InChI is InChI=1S/C23H30ClNO3/c1-16(2)13-23(5,15-28-21-12-11-20(24)17(3)18(21)4)25-22(26)27-14-19-9-7-6-8-10-19/h6-12,16H,13-15H2,1-5H3,(H,25,26). The van der Waals surface area contributed by atoms with Crippen molar-refractivity contribution in [3.05, 3.63) is 64.2 Å². The Labute approximate surface area is 173 Å². The van der Waals surface area contributed by atoms with Crippen LogP contribution in [-0.2, 0) is 11.3 Å². The molecule has 1 amide bonds. The Morgan fingerprint density at radius 3 is 2.43 bits per heavy atom. The smallest absolute Gasteiger partial charge is 0.408 e. The van der Waals surface area contributed by atoms with Gasteiger partial charge in [-0.2, -0.15) is 0 Å². The number of carbonyl (C=O) groups excluding carboxylic acids is 1. The van der Waals surface area contributed by atoms with Gasteiger partial charge >= 0.3 is 6.09 Å². The number of hydrogen-bond acceptors (Lipinski definition) is 3. The van der Waals surface area contributed by atoms with Crippen LogP contribution in [0.3, 0.4) is 0 Å². The highest BCUT2D eigenvalue weighted by Crippen LogP contribution is 2.28. The number of nitrogens with one attached hydrogen (secondary N) is 1. The average molecular weight is 404 g/mol. The summed E-state index contributed by atoms with van der Waals surface area (Å²) in [5.74, 6) is 1.16. The Morgan fingerprint density at radius 1 is 1.11 bits per heavy atom. The van der Waals surface area contributed by atoms with E-state index in [4.69, 9.17) is 21.1 Å². The molecule has 0 aliphatic carbocycles. The summed E-state index contributed by atoms with van der Waals surface area (Å²) in [6, 6.07) is 13.3. The van der Waals surface area contributed by atoms with E-state index in [1.807, 2.05) is 63.2 Å². The Morgan fingerprint density at radius 2 is 1.79 bits per heavy atom. The van der Waals surface area contributed by atoms with Crippen molar-refractivity contribution >= 4 is 17.7 Å². The quantitative estimate of drug-likeness (QED) is 0.582. The van der Waals surface area contributed by atoms with Crippen molar-refractivity contribution in [2.75, 3.05) is 6.61 Å². The maximum Gasteiger partial charge on any atom is 0.408 e. The highest BCUT2D eigenvalue weighted by molar-refractivity contribution is 6.31. The fourth-order valence-electron chi connectivity index (χ4n) is 3.21. The molecule has 2 rings (SSSR count). The third-order valence-corrected chi connectivity index (χ3v) is 5.10. The largest absolute Gasteiger partial charge is 0.491 e. The van der Waals surface area contributed by atoms with E-state index in [-0.39, 0.29) is 6.61 Å². The molecule has 0 radical (unpaired) electrons. The molecular formula is C23H30ClNO3. The lowest BCUT2D eigenvalue weighted by Gasteiger charge is -2.32. The number of amides is 1. The number of hydrogen-bond donors (Lipinski definition) is 1. The summed E-state index contributed by atoms with van der Waals surface area (Å²) in [5.41, 5.74) is 2.40. The highest BCUT2D eigenvalue weighted by atomic mass is 35.5. The van der Waals surface area contributed by atoms with E-state index in [9.17, 15) is 4.79 Å². The first-order valence-corrected chi connectivity index (χ1v) is 9.95. The lowest BCUT2D eigenvalue weighted by molar-refractivity contribution is 0.109. The molecule has 0 spiro atoms. The maximum atomic E-state index is 12.4. The fraction of sp³-hybridized carbons (Fsp3) is 0.435. The van der Waals surface area contributed by atoms with E-state index in [1.165, 1.54) is 0 Å². The van der Waals surface area contributed by atoms with Crippen LogP contribution < -0.4 is 10.1 Å². The van der Waals surface area contributed by atoms with E-state index in [0.29, 0.717) is 12.5 Å². The van der Waals surface area contributed by atoms with Gasteiger partial charge in [0.1, 0.15) is 19.0 Å². The van der Waals surface area contributed by atoms with Gasteiger partial charge in [-0.1, -0.05) is 55.8 Å². The van der Waals surface area contributed by atoms with Crippen molar-refractivity contribution in [1.29, 1.82) is 0 Å². The first-order chi connectivity index (χ1) is 13.2. The molecule has 4 nitrogen and oxygen atoms in total. The molecule has 1 atom stereocenters. The normalized spacial score (nSPS) is 13.1. The van der Waals surface area contributed by atoms with E-state index < -0.39 is 11.6 Å². The van der Waals surface area contributed by atoms with Gasteiger partial charge in [-0.15, -0.1) is 0 Å². The van der Waals surface area contributed by atoms with Gasteiger partial charge in [0, 0.05) is 5.02 Å². The van der Waals surface area contributed by atoms with Gasteiger partial charge < -0.3 is 14.8 Å². The van der Waals surface area contributed by atoms with Crippen LogP contribution in [0.1, 0.15) is 43.9 Å². The third kappa shape index (κ3) is 6.45. The zero-order chi connectivity index (χ0) is 20.7. The van der Waals surface area contributed by atoms with Gasteiger partial charge in [0.15, 0.2) is 0 Å². The number of alkyl carbamates (subject to hydrolysis) is 1. The molecular weight excluding hydrogens is 374 g/mol. The maximum absolute atomic E-state index is 12.4. The molecule has 0 fully saturated rings. The molecule has 0 saturated heterocycles. The molecule has 1 unspecified atom stereocenters. The molecule has 1 N–H and O–H groups in total. The number of rotatable bonds is 8. The van der Waals surface area contributed by atoms with Gasteiger partial charge in [-0.05, 0) is 61.9 Å². The van der Waals surface area contributed by atoms with Crippen molar-refractivity contribution in [3.8, 4) is 5.75 Å². The van der Waals surface area contributed by atoms with Crippen molar-refractivity contribution < 1.29 is 14.3 Å². The minimum Gasteiger partial charge on any atom is -0.491 e. The summed E-state index contributed by atoms with van der Waals surface area (Å²) in [6.07, 6.45) is 0.318. The van der Waals surface area contributed by atoms with Crippen LogP contribution in [0.15, 0.2) is 42.5 Å². The minimum absolute atomic E-state index is 0.237. The van der Waals surface area contributed by atoms with Gasteiger partial charge in [0.05, 0.1) is 5.54 Å². The zero-order valence-electron chi connectivity index (χ0n) is 17.3. The van der Waals surface area contributed by atoms with Crippen molar-refractivity contribution in [3.63, 3.8) is 0 Å². The topological polar surface area (TPSA) is 47.6 Å². The van der Waals surface area contributed by atoms with Gasteiger partial charge in [0.25, 0.3) is 0 Å². The average Bonchev–Trinajstić information content (AvgIpc) is 2.64. The van der Waals surface area contributed by atoms with Crippen LogP contribution in [0.25, 0.3) is 0 Å². The molecule has 0 aliphatic heterocycles. The van der Waals surface area contributed by atoms with Crippen LogP contribution in [0.5, 0.6) is 5.75 Å². The first kappa shape index (κ1) is 22.1. The van der Waals surface area contributed by atoms with Crippen LogP contribution >= 0.6 is 11.6 Å². The third-order valence-electron chi connectivity index (χ3n) is 4.69. The zero-order valence-corrected chi connectivity index (χ0v) is 18.1. The van der Waals surface area contributed by atoms with Crippen LogP contribution in [0.2, 0.25) is 5.02 Å². The Kier molecular flexibility index (Phi) is 7.76. The Bertz CT molecular complexity index is 792. The van der Waals surface area contributed by atoms with Crippen LogP contribution in [0, 0.1) is 19.8 Å². The second-order valence-electron chi connectivity index (χ2n) is 7.93. The molecule has 0 saturated carbocycles. The van der Waals surface area contributed by atoms with Gasteiger partial charge in [-0.3, -0.25) is 0 Å². The summed E-state index contributed by atoms with van der Waals surface area (Å²) in [7, 11) is 0. The summed E-state index contributed by atoms with van der Waals surface area (Å²) in [5, 5.41) is 3.72. The molecule has 28 heavy (non-hydrogen) atoms. The Balaban J connectivity index is 2.02. The number of ether oxygens (including phenoxy) is 2. The van der Waals surface area contributed by atoms with E-state index in [2.05, 4.69) is 19.2 Å². The number of halogens is 1. The monoisotopic (exact) mass is 403 g/mol. The van der Waals surface area contributed by atoms with Crippen molar-refractivity contribution in [2.24, 2.45) is 5.92 Å². The number of benzene rings is 2. The van der Waals surface area contributed by atoms with E-state index >= 15 is 0 Å². The molecule has 152 valence electrons. The van der Waals surface area contributed by atoms with Gasteiger partial charge in [0.2, 0.25) is 0 Å². The molecule has 5 heteroatoms. The lowest BCUT2D eigenvalue weighted by atomic mass is 9.91. The second kappa shape index (κ2) is 9.83. The summed E-state index contributed by atoms with van der Waals surface area (Å²) < 4.78 is 11.5. The minimum atomic E-state index is -0.554. The first-order valence-electron chi connectivity index (χ1n) is 9.57. The van der Waals surface area contributed by atoms with Gasteiger partial charge in [-0.25, -0.2) is 4.79 Å². The SMILES string of the molecule is Cc1c(Cl)ccc(OCC(C)(CC(C)C)NC(=O)OCc2ccccc2)c1C. The summed E-state index contributed by atoms with van der Waals surface area (Å²) in [4.78, 5) is 12.4. The Hall–Kier alpha value is -2.20. The fourth-order valence-corrected chi connectivity index (χ4v) is 3.41. The van der Waals surface area contributed by atoms with Crippen molar-refractivity contribution in [2.45, 2.75) is 53.2 Å². The van der Waals surface area contributed by atoms with Crippen LogP contribution in [0.4, 0.5) is 4.79 Å². The summed E-state index contributed by atoms with van der Waals surface area (Å²) >= 11 is 6.17. The van der Waals surface area contributed by atoms with E-state index in [0.717, 1.165) is 33.9 Å². The second-order valence-corrected chi connectivity index (χ2v) is 8.34. The molecule has 0 aliphatic rings. The van der Waals surface area contributed by atoms with E-state index in [1.54, 1.807) is 0 Å². The predicted molar refractivity (Wildman–Crippen MR) is 114 cm³/mol. The van der Waals surface area contributed by atoms with Crippen molar-refractivity contribution in [1.82, 2.24) is 5.32 Å². The number of carbonyl (C=O) groups is 1. The molecule has 2 aromatic carbocycles. The molecule has 2 aromatic rings. The molecule has 0 heterocycles. The molecule has 0 aromatic heterocycles. The highest BCUT2D eigenvalue weighted by Gasteiger charge is 2.29.